The van der Waals surface area contributed by atoms with Crippen LogP contribution in [0.1, 0.15) is 44.7 Å². The molecular formula is C16H26N2O2S. The number of benzene rings is 1. The molecule has 0 amide bonds. The maximum atomic E-state index is 12.4. The second-order valence-corrected chi connectivity index (χ2v) is 7.97. The Morgan fingerprint density at radius 1 is 1.33 bits per heavy atom. The van der Waals surface area contributed by atoms with Gasteiger partial charge in [-0.1, -0.05) is 19.4 Å². The van der Waals surface area contributed by atoms with E-state index < -0.39 is 10.0 Å². The Bertz CT molecular complexity index is 611. The number of rotatable bonds is 6. The van der Waals surface area contributed by atoms with Crippen LogP contribution in [-0.4, -0.2) is 26.8 Å². The smallest absolute Gasteiger partial charge is 0.235 e. The molecule has 1 aliphatic heterocycles. The maximum absolute atomic E-state index is 12.4. The highest BCUT2D eigenvalue weighted by Gasteiger charge is 2.23. The average molecular weight is 310 g/mol. The highest BCUT2D eigenvalue weighted by Crippen LogP contribution is 2.33. The normalized spacial score (nSPS) is 15.9. The van der Waals surface area contributed by atoms with Crippen molar-refractivity contribution in [3.05, 3.63) is 23.3 Å². The van der Waals surface area contributed by atoms with Gasteiger partial charge in [0.1, 0.15) is 0 Å². The Hall–Kier alpha value is -1.23. The number of sulfonamides is 1. The molecule has 0 saturated heterocycles. The molecule has 1 N–H and O–H groups in total. The fourth-order valence-corrected chi connectivity index (χ4v) is 4.15. The Morgan fingerprint density at radius 3 is 2.67 bits per heavy atom. The lowest BCUT2D eigenvalue weighted by Gasteiger charge is -2.20. The van der Waals surface area contributed by atoms with Crippen LogP contribution < -0.4 is 9.62 Å². The zero-order chi connectivity index (χ0) is 15.6. The third kappa shape index (κ3) is 3.34. The largest absolute Gasteiger partial charge is 0.371 e. The molecule has 1 unspecified atom stereocenters. The molecule has 0 fully saturated rings. The van der Waals surface area contributed by atoms with Gasteiger partial charge < -0.3 is 4.90 Å². The van der Waals surface area contributed by atoms with Crippen LogP contribution in [0.4, 0.5) is 11.4 Å². The summed E-state index contributed by atoms with van der Waals surface area (Å²) in [6, 6.07) is 4.12. The second kappa shape index (κ2) is 6.26. The number of hydrogen-bond donors (Lipinski definition) is 1. The van der Waals surface area contributed by atoms with Gasteiger partial charge >= 0.3 is 0 Å². The van der Waals surface area contributed by atoms with Crippen molar-refractivity contribution in [1.29, 1.82) is 0 Å². The fourth-order valence-electron chi connectivity index (χ4n) is 2.88. The lowest BCUT2D eigenvalue weighted by Crippen LogP contribution is -2.25. The lowest BCUT2D eigenvalue weighted by atomic mass is 10.1. The van der Waals surface area contributed by atoms with E-state index in [0.717, 1.165) is 37.2 Å². The minimum Gasteiger partial charge on any atom is -0.371 e. The minimum absolute atomic E-state index is 0.363. The van der Waals surface area contributed by atoms with Crippen LogP contribution >= 0.6 is 0 Å². The zero-order valence-corrected chi connectivity index (χ0v) is 14.3. The van der Waals surface area contributed by atoms with Gasteiger partial charge in [-0.3, -0.25) is 4.72 Å². The number of likely N-dealkylation sites (N-methyl/N-ethyl adjacent to an activating group) is 1. The number of hydrogen-bond acceptors (Lipinski definition) is 3. The molecule has 21 heavy (non-hydrogen) atoms. The SMILES string of the molecule is CCCC(C)S(=O)(=O)Nc1cc2c(cc1C)CCN2CC. The fraction of sp³-hybridized carbons (Fsp3) is 0.625. The van der Waals surface area contributed by atoms with Crippen LogP contribution in [0.25, 0.3) is 0 Å². The Morgan fingerprint density at radius 2 is 2.05 bits per heavy atom. The van der Waals surface area contributed by atoms with Gasteiger partial charge in [0.05, 0.1) is 10.9 Å². The maximum Gasteiger partial charge on any atom is 0.235 e. The van der Waals surface area contributed by atoms with E-state index in [1.165, 1.54) is 11.3 Å². The highest BCUT2D eigenvalue weighted by molar-refractivity contribution is 7.93. The van der Waals surface area contributed by atoms with E-state index in [9.17, 15) is 8.42 Å². The Labute approximate surface area is 128 Å². The van der Waals surface area contributed by atoms with Crippen molar-refractivity contribution >= 4 is 21.4 Å². The van der Waals surface area contributed by atoms with Gasteiger partial charge in [-0.05, 0) is 50.8 Å². The molecule has 0 spiro atoms. The average Bonchev–Trinajstić information content (AvgIpc) is 2.81. The predicted molar refractivity (Wildman–Crippen MR) is 89.7 cm³/mol. The first-order chi connectivity index (χ1) is 9.89. The third-order valence-electron chi connectivity index (χ3n) is 4.28. The number of nitrogens with one attached hydrogen (secondary N) is 1. The molecule has 0 aliphatic carbocycles. The van der Waals surface area contributed by atoms with Gasteiger partial charge in [0, 0.05) is 18.8 Å². The van der Waals surface area contributed by atoms with Gasteiger partial charge in [0.25, 0.3) is 0 Å². The summed E-state index contributed by atoms with van der Waals surface area (Å²) in [4.78, 5) is 2.29. The third-order valence-corrected chi connectivity index (χ3v) is 6.08. The van der Waals surface area contributed by atoms with Gasteiger partial charge in [-0.25, -0.2) is 8.42 Å². The molecule has 1 aliphatic rings. The van der Waals surface area contributed by atoms with Crippen molar-refractivity contribution in [2.75, 3.05) is 22.7 Å². The summed E-state index contributed by atoms with van der Waals surface area (Å²) in [6.07, 6.45) is 2.60. The van der Waals surface area contributed by atoms with Gasteiger partial charge in [-0.2, -0.15) is 0 Å². The standard InChI is InChI=1S/C16H26N2O2S/c1-5-7-13(4)21(19,20)17-15-11-16-14(10-12(15)3)8-9-18(16)6-2/h10-11,13,17H,5-9H2,1-4H3. The zero-order valence-electron chi connectivity index (χ0n) is 13.4. The molecule has 1 heterocycles. The van der Waals surface area contributed by atoms with Crippen LogP contribution in [0, 0.1) is 6.92 Å². The Kier molecular flexibility index (Phi) is 4.81. The van der Waals surface area contributed by atoms with Gasteiger partial charge in [0.2, 0.25) is 10.0 Å². The molecule has 1 atom stereocenters. The molecule has 5 heteroatoms. The molecule has 118 valence electrons. The molecule has 0 radical (unpaired) electrons. The van der Waals surface area contributed by atoms with E-state index in [4.69, 9.17) is 0 Å². The predicted octanol–water partition coefficient (Wildman–Crippen LogP) is 3.31. The van der Waals surface area contributed by atoms with Gasteiger partial charge in [-0.15, -0.1) is 0 Å². The molecule has 0 aromatic heterocycles. The topological polar surface area (TPSA) is 49.4 Å². The summed E-state index contributed by atoms with van der Waals surface area (Å²) in [7, 11) is -3.31. The minimum atomic E-state index is -3.31. The molecule has 1 aromatic rings. The summed E-state index contributed by atoms with van der Waals surface area (Å²) in [5.41, 5.74) is 4.21. The lowest BCUT2D eigenvalue weighted by molar-refractivity contribution is 0.581. The van der Waals surface area contributed by atoms with Gasteiger partial charge in [0.15, 0.2) is 0 Å². The van der Waals surface area contributed by atoms with Crippen LogP contribution in [0.2, 0.25) is 0 Å². The Balaban J connectivity index is 2.29. The van der Waals surface area contributed by atoms with Crippen molar-refractivity contribution in [1.82, 2.24) is 0 Å². The first-order valence-corrected chi connectivity index (χ1v) is 9.33. The van der Waals surface area contributed by atoms with E-state index >= 15 is 0 Å². The van der Waals surface area contributed by atoms with Crippen molar-refractivity contribution in [3.8, 4) is 0 Å². The van der Waals surface area contributed by atoms with Crippen LogP contribution in [0.15, 0.2) is 12.1 Å². The molecule has 4 nitrogen and oxygen atoms in total. The number of anilines is 2. The summed E-state index contributed by atoms with van der Waals surface area (Å²) in [6.45, 7) is 9.85. The monoisotopic (exact) mass is 310 g/mol. The first kappa shape index (κ1) is 16.1. The summed E-state index contributed by atoms with van der Waals surface area (Å²) in [5.74, 6) is 0. The summed E-state index contributed by atoms with van der Waals surface area (Å²) < 4.78 is 27.5. The van der Waals surface area contributed by atoms with Crippen molar-refractivity contribution in [3.63, 3.8) is 0 Å². The first-order valence-electron chi connectivity index (χ1n) is 7.79. The molecular weight excluding hydrogens is 284 g/mol. The van der Waals surface area contributed by atoms with Crippen molar-refractivity contribution in [2.24, 2.45) is 0 Å². The molecule has 0 saturated carbocycles. The van der Waals surface area contributed by atoms with Crippen LogP contribution in [0.5, 0.6) is 0 Å². The number of aryl methyl sites for hydroxylation is 1. The molecule has 1 aromatic carbocycles. The number of nitrogens with zero attached hydrogens (tertiary/aromatic N) is 1. The van der Waals surface area contributed by atoms with E-state index in [1.807, 2.05) is 19.9 Å². The van der Waals surface area contributed by atoms with E-state index in [0.29, 0.717) is 6.42 Å². The summed E-state index contributed by atoms with van der Waals surface area (Å²) in [5, 5.41) is -0.363. The highest BCUT2D eigenvalue weighted by atomic mass is 32.2. The van der Waals surface area contributed by atoms with E-state index in [1.54, 1.807) is 6.92 Å². The van der Waals surface area contributed by atoms with E-state index in [-0.39, 0.29) is 5.25 Å². The summed E-state index contributed by atoms with van der Waals surface area (Å²) >= 11 is 0. The molecule has 2 rings (SSSR count). The van der Waals surface area contributed by atoms with Crippen molar-refractivity contribution < 1.29 is 8.42 Å². The van der Waals surface area contributed by atoms with Crippen molar-refractivity contribution in [2.45, 2.75) is 52.2 Å². The van der Waals surface area contributed by atoms with E-state index in [2.05, 4.69) is 22.6 Å². The van der Waals surface area contributed by atoms with Crippen LogP contribution in [0.3, 0.4) is 0 Å². The van der Waals surface area contributed by atoms with Crippen LogP contribution in [-0.2, 0) is 16.4 Å². The second-order valence-electron chi connectivity index (χ2n) is 5.87. The number of fused-ring (bicyclic) bond motifs is 1. The quantitative estimate of drug-likeness (QED) is 0.877. The molecule has 0 bridgehead atoms.